The van der Waals surface area contributed by atoms with Gasteiger partial charge in [-0.05, 0) is 42.5 Å². The molecule has 1 aliphatic carbocycles. The van der Waals surface area contributed by atoms with E-state index in [2.05, 4.69) is 4.98 Å². The standard InChI is InChI=1S/C16H12FNOS/c17-10-5-6-12-11(8-10)14(16(19)9-3-4-9)15(18-12)13-2-1-7-20-13/h1-2,5-9,18H,3-4H2. The fourth-order valence-electron chi connectivity index (χ4n) is 2.58. The number of hydrogen-bond acceptors (Lipinski definition) is 2. The summed E-state index contributed by atoms with van der Waals surface area (Å²) in [7, 11) is 0. The molecule has 2 nitrogen and oxygen atoms in total. The molecule has 0 spiro atoms. The van der Waals surface area contributed by atoms with Crippen molar-refractivity contribution in [3.63, 3.8) is 0 Å². The molecule has 0 saturated heterocycles. The predicted molar refractivity (Wildman–Crippen MR) is 78.6 cm³/mol. The first-order chi connectivity index (χ1) is 9.74. The molecule has 4 rings (SSSR count). The van der Waals surface area contributed by atoms with Crippen LogP contribution in [0.5, 0.6) is 0 Å². The summed E-state index contributed by atoms with van der Waals surface area (Å²) in [6, 6.07) is 8.51. The van der Waals surface area contributed by atoms with E-state index in [-0.39, 0.29) is 17.5 Å². The number of rotatable bonds is 3. The van der Waals surface area contributed by atoms with Gasteiger partial charge in [0.15, 0.2) is 5.78 Å². The van der Waals surface area contributed by atoms with Gasteiger partial charge in [0.25, 0.3) is 0 Å². The van der Waals surface area contributed by atoms with Crippen molar-refractivity contribution in [3.05, 3.63) is 47.1 Å². The first-order valence-corrected chi connectivity index (χ1v) is 7.51. The van der Waals surface area contributed by atoms with E-state index in [9.17, 15) is 9.18 Å². The number of Topliss-reactive ketones (excluding diaryl/α,β-unsaturated/α-hetero) is 1. The van der Waals surface area contributed by atoms with Crippen molar-refractivity contribution in [3.8, 4) is 10.6 Å². The van der Waals surface area contributed by atoms with E-state index in [1.165, 1.54) is 12.1 Å². The first-order valence-electron chi connectivity index (χ1n) is 6.63. The van der Waals surface area contributed by atoms with Gasteiger partial charge < -0.3 is 4.98 Å². The van der Waals surface area contributed by atoms with Crippen molar-refractivity contribution in [2.24, 2.45) is 5.92 Å². The van der Waals surface area contributed by atoms with Crippen molar-refractivity contribution in [2.75, 3.05) is 0 Å². The second-order valence-corrected chi connectivity index (χ2v) is 6.13. The van der Waals surface area contributed by atoms with Crippen LogP contribution in [0.4, 0.5) is 4.39 Å². The smallest absolute Gasteiger partial charge is 0.168 e. The Bertz CT molecular complexity index is 799. The molecule has 3 aromatic rings. The lowest BCUT2D eigenvalue weighted by atomic mass is 10.0. The van der Waals surface area contributed by atoms with Crippen molar-refractivity contribution in [2.45, 2.75) is 12.8 Å². The molecule has 0 bridgehead atoms. The highest BCUT2D eigenvalue weighted by Crippen LogP contribution is 2.40. The van der Waals surface area contributed by atoms with E-state index in [0.717, 1.165) is 28.9 Å². The van der Waals surface area contributed by atoms with E-state index >= 15 is 0 Å². The summed E-state index contributed by atoms with van der Waals surface area (Å²) < 4.78 is 13.5. The number of halogens is 1. The van der Waals surface area contributed by atoms with Crippen molar-refractivity contribution in [1.82, 2.24) is 4.98 Å². The van der Waals surface area contributed by atoms with Crippen molar-refractivity contribution in [1.29, 1.82) is 0 Å². The van der Waals surface area contributed by atoms with Gasteiger partial charge in [-0.3, -0.25) is 4.79 Å². The highest BCUT2D eigenvalue weighted by molar-refractivity contribution is 7.13. The third kappa shape index (κ3) is 1.79. The van der Waals surface area contributed by atoms with E-state index in [1.54, 1.807) is 17.4 Å². The van der Waals surface area contributed by atoms with Gasteiger partial charge in [-0.1, -0.05) is 6.07 Å². The fraction of sp³-hybridized carbons (Fsp3) is 0.188. The summed E-state index contributed by atoms with van der Waals surface area (Å²) in [4.78, 5) is 16.9. The molecule has 0 unspecified atom stereocenters. The molecule has 1 aromatic carbocycles. The molecule has 4 heteroatoms. The quantitative estimate of drug-likeness (QED) is 0.699. The van der Waals surface area contributed by atoms with E-state index in [0.29, 0.717) is 10.9 Å². The molecule has 20 heavy (non-hydrogen) atoms. The lowest BCUT2D eigenvalue weighted by molar-refractivity contribution is 0.0970. The van der Waals surface area contributed by atoms with E-state index in [1.807, 2.05) is 17.5 Å². The Kier molecular flexibility index (Phi) is 2.54. The first kappa shape index (κ1) is 11.9. The maximum absolute atomic E-state index is 13.5. The number of aromatic nitrogens is 1. The SMILES string of the molecule is O=C(c1c(-c2cccs2)[nH]c2ccc(F)cc12)C1CC1. The fourth-order valence-corrected chi connectivity index (χ4v) is 3.31. The van der Waals surface area contributed by atoms with Crippen LogP contribution in [0.1, 0.15) is 23.2 Å². The van der Waals surface area contributed by atoms with Gasteiger partial charge in [-0.25, -0.2) is 4.39 Å². The zero-order chi connectivity index (χ0) is 13.7. The third-order valence-electron chi connectivity index (χ3n) is 3.72. The van der Waals surface area contributed by atoms with E-state index < -0.39 is 0 Å². The summed E-state index contributed by atoms with van der Waals surface area (Å²) in [5.74, 6) is -0.0414. The number of carbonyl (C=O) groups excluding carboxylic acids is 1. The average Bonchev–Trinajstić information content (AvgIpc) is 3.01. The molecular weight excluding hydrogens is 273 g/mol. The number of H-pyrrole nitrogens is 1. The topological polar surface area (TPSA) is 32.9 Å². The summed E-state index contributed by atoms with van der Waals surface area (Å²) in [5.41, 5.74) is 2.31. The number of ketones is 1. The Hall–Kier alpha value is -1.94. The maximum Gasteiger partial charge on any atom is 0.168 e. The normalized spacial score (nSPS) is 14.8. The van der Waals surface area contributed by atoms with Gasteiger partial charge in [0.1, 0.15) is 5.82 Å². The minimum Gasteiger partial charge on any atom is -0.353 e. The molecule has 1 aliphatic rings. The highest BCUT2D eigenvalue weighted by Gasteiger charge is 2.34. The zero-order valence-corrected chi connectivity index (χ0v) is 11.5. The van der Waals surface area contributed by atoms with Crippen LogP contribution in [-0.2, 0) is 0 Å². The summed E-state index contributed by atoms with van der Waals surface area (Å²) in [6.45, 7) is 0. The Labute approximate surface area is 119 Å². The van der Waals surface area contributed by atoms with Gasteiger partial charge in [-0.15, -0.1) is 11.3 Å². The molecule has 2 aromatic heterocycles. The number of fused-ring (bicyclic) bond motifs is 1. The molecule has 0 radical (unpaired) electrons. The Balaban J connectivity index is 2.01. The lowest BCUT2D eigenvalue weighted by Crippen LogP contribution is -2.02. The number of carbonyl (C=O) groups is 1. The lowest BCUT2D eigenvalue weighted by Gasteiger charge is -2.01. The second kappa shape index (κ2) is 4.28. The molecular formula is C16H12FNOS. The van der Waals surface area contributed by atoms with Crippen LogP contribution >= 0.6 is 11.3 Å². The Morgan fingerprint density at radius 2 is 2.15 bits per heavy atom. The number of nitrogens with one attached hydrogen (secondary N) is 1. The van der Waals surface area contributed by atoms with Crippen LogP contribution in [-0.4, -0.2) is 10.8 Å². The monoisotopic (exact) mass is 285 g/mol. The minimum absolute atomic E-state index is 0.121. The van der Waals surface area contributed by atoms with Crippen LogP contribution in [0.2, 0.25) is 0 Å². The van der Waals surface area contributed by atoms with Gasteiger partial charge >= 0.3 is 0 Å². The van der Waals surface area contributed by atoms with Gasteiger partial charge in [0.2, 0.25) is 0 Å². The zero-order valence-electron chi connectivity index (χ0n) is 10.7. The number of hydrogen-bond donors (Lipinski definition) is 1. The van der Waals surface area contributed by atoms with Gasteiger partial charge in [-0.2, -0.15) is 0 Å². The summed E-state index contributed by atoms with van der Waals surface area (Å²) >= 11 is 1.58. The van der Waals surface area contributed by atoms with Crippen LogP contribution in [0.25, 0.3) is 21.5 Å². The molecule has 1 fully saturated rings. The maximum atomic E-state index is 13.5. The largest absolute Gasteiger partial charge is 0.353 e. The van der Waals surface area contributed by atoms with E-state index in [4.69, 9.17) is 0 Å². The highest BCUT2D eigenvalue weighted by atomic mass is 32.1. The predicted octanol–water partition coefficient (Wildman–Crippen LogP) is 4.63. The van der Waals surface area contributed by atoms with Crippen molar-refractivity contribution >= 4 is 28.0 Å². The molecule has 0 amide bonds. The summed E-state index contributed by atoms with van der Waals surface area (Å²) in [5, 5.41) is 2.68. The molecule has 1 saturated carbocycles. The summed E-state index contributed by atoms with van der Waals surface area (Å²) in [6.07, 6.45) is 1.90. The molecule has 100 valence electrons. The molecule has 2 heterocycles. The van der Waals surface area contributed by atoms with Gasteiger partial charge in [0, 0.05) is 16.8 Å². The number of aromatic amines is 1. The minimum atomic E-state index is -0.306. The second-order valence-electron chi connectivity index (χ2n) is 5.18. The van der Waals surface area contributed by atoms with Crippen LogP contribution < -0.4 is 0 Å². The molecule has 0 atom stereocenters. The van der Waals surface area contributed by atoms with Crippen molar-refractivity contribution < 1.29 is 9.18 Å². The van der Waals surface area contributed by atoms with Gasteiger partial charge in [0.05, 0.1) is 16.1 Å². The van der Waals surface area contributed by atoms with Crippen LogP contribution in [0, 0.1) is 11.7 Å². The Morgan fingerprint density at radius 3 is 2.85 bits per heavy atom. The Morgan fingerprint density at radius 1 is 1.30 bits per heavy atom. The number of thiophene rings is 1. The number of benzene rings is 1. The van der Waals surface area contributed by atoms with Crippen LogP contribution in [0.3, 0.4) is 0 Å². The van der Waals surface area contributed by atoms with Crippen LogP contribution in [0.15, 0.2) is 35.7 Å². The average molecular weight is 285 g/mol. The third-order valence-corrected chi connectivity index (χ3v) is 4.61. The molecule has 0 aliphatic heterocycles. The molecule has 1 N–H and O–H groups in total.